The fourth-order valence-corrected chi connectivity index (χ4v) is 4.61. The first-order chi connectivity index (χ1) is 12.9. The van der Waals surface area contributed by atoms with Gasteiger partial charge in [-0.25, -0.2) is 18.2 Å². The zero-order chi connectivity index (χ0) is 19.2. The molecule has 2 aromatic carbocycles. The molecule has 0 saturated carbocycles. The summed E-state index contributed by atoms with van der Waals surface area (Å²) < 4.78 is 29.1. The van der Waals surface area contributed by atoms with Crippen molar-refractivity contribution >= 4 is 32.5 Å². The quantitative estimate of drug-likeness (QED) is 0.707. The van der Waals surface area contributed by atoms with E-state index in [1.54, 1.807) is 36.4 Å². The third kappa shape index (κ3) is 2.85. The fourth-order valence-electron chi connectivity index (χ4n) is 3.34. The Morgan fingerprint density at radius 3 is 2.70 bits per heavy atom. The highest BCUT2D eigenvalue weighted by Crippen LogP contribution is 2.26. The minimum Gasteiger partial charge on any atom is -0.480 e. The van der Waals surface area contributed by atoms with E-state index >= 15 is 0 Å². The van der Waals surface area contributed by atoms with E-state index in [1.165, 1.54) is 6.07 Å². The number of nitrogens with zero attached hydrogens (tertiary/aromatic N) is 2. The maximum atomic E-state index is 12.9. The Labute approximate surface area is 154 Å². The molecular weight excluding hydrogens is 370 g/mol. The number of hydrogen-bond donors (Lipinski definition) is 2. The monoisotopic (exact) mass is 385 g/mol. The van der Waals surface area contributed by atoms with Crippen molar-refractivity contribution in [1.82, 2.24) is 9.55 Å². The smallest absolute Gasteiger partial charge is 0.326 e. The number of rotatable bonds is 4. The number of hydrogen-bond acceptors (Lipinski definition) is 5. The minimum atomic E-state index is -4.07. The lowest BCUT2D eigenvalue weighted by Gasteiger charge is -2.13. The van der Waals surface area contributed by atoms with Crippen LogP contribution in [0.5, 0.6) is 0 Å². The summed E-state index contributed by atoms with van der Waals surface area (Å²) in [4.78, 5) is 28.1. The molecule has 0 saturated heterocycles. The van der Waals surface area contributed by atoms with Gasteiger partial charge in [-0.15, -0.1) is 0 Å². The maximum Gasteiger partial charge on any atom is 0.326 e. The standard InChI is InChI=1S/C18H15N3O5S/c22-17-13(10-19-16-9-8-14(18(23)24)21(16)17)20-27(25,26)15-7-3-5-11-4-1-2-6-12(11)15/h1-7,10,14,20H,8-9H2,(H,23,24)/t14-/m0/s1. The number of nitrogens with one attached hydrogen (secondary N) is 1. The van der Waals surface area contributed by atoms with Crippen LogP contribution in [-0.2, 0) is 21.2 Å². The lowest BCUT2D eigenvalue weighted by atomic mass is 10.1. The van der Waals surface area contributed by atoms with Gasteiger partial charge < -0.3 is 5.11 Å². The fraction of sp³-hybridized carbons (Fsp3) is 0.167. The second-order valence-electron chi connectivity index (χ2n) is 6.24. The summed E-state index contributed by atoms with van der Waals surface area (Å²) in [5.41, 5.74) is -0.992. The molecule has 0 bridgehead atoms. The topological polar surface area (TPSA) is 118 Å². The van der Waals surface area contributed by atoms with E-state index in [4.69, 9.17) is 0 Å². The number of carboxylic acid groups (broad SMARTS) is 1. The number of aromatic nitrogens is 2. The molecule has 1 aromatic heterocycles. The molecule has 4 rings (SSSR count). The van der Waals surface area contributed by atoms with Gasteiger partial charge in [0.2, 0.25) is 0 Å². The molecular formula is C18H15N3O5S. The largest absolute Gasteiger partial charge is 0.480 e. The van der Waals surface area contributed by atoms with Gasteiger partial charge in [0.25, 0.3) is 15.6 Å². The molecule has 3 aromatic rings. The van der Waals surface area contributed by atoms with Crippen LogP contribution in [0.2, 0.25) is 0 Å². The zero-order valence-electron chi connectivity index (χ0n) is 14.0. The van der Waals surface area contributed by atoms with Gasteiger partial charge in [0, 0.05) is 11.8 Å². The lowest BCUT2D eigenvalue weighted by Crippen LogP contribution is -2.31. The molecule has 8 nitrogen and oxygen atoms in total. The van der Waals surface area contributed by atoms with Crippen LogP contribution in [0.15, 0.2) is 58.4 Å². The van der Waals surface area contributed by atoms with Gasteiger partial charge in [0.15, 0.2) is 0 Å². The van der Waals surface area contributed by atoms with E-state index in [9.17, 15) is 23.1 Å². The molecule has 0 aliphatic carbocycles. The van der Waals surface area contributed by atoms with E-state index in [0.29, 0.717) is 17.6 Å². The van der Waals surface area contributed by atoms with Crippen LogP contribution in [0.25, 0.3) is 10.8 Å². The number of carbonyl (C=O) groups is 1. The van der Waals surface area contributed by atoms with E-state index in [-0.39, 0.29) is 17.0 Å². The van der Waals surface area contributed by atoms with Crippen LogP contribution in [0.1, 0.15) is 18.3 Å². The van der Waals surface area contributed by atoms with Crippen molar-refractivity contribution in [2.75, 3.05) is 4.72 Å². The summed E-state index contributed by atoms with van der Waals surface area (Å²) in [5.74, 6) is -0.813. The Bertz CT molecular complexity index is 1230. The number of carboxylic acids is 1. The number of aliphatic carboxylic acids is 1. The highest BCUT2D eigenvalue weighted by atomic mass is 32.2. The third-order valence-corrected chi connectivity index (χ3v) is 6.02. The summed E-state index contributed by atoms with van der Waals surface area (Å²) >= 11 is 0. The second-order valence-corrected chi connectivity index (χ2v) is 7.89. The highest BCUT2D eigenvalue weighted by Gasteiger charge is 2.31. The molecule has 2 N–H and O–H groups in total. The number of sulfonamides is 1. The predicted octanol–water partition coefficient (Wildman–Crippen LogP) is 1.77. The lowest BCUT2D eigenvalue weighted by molar-refractivity contribution is -0.140. The first-order valence-corrected chi connectivity index (χ1v) is 9.70. The Morgan fingerprint density at radius 1 is 1.19 bits per heavy atom. The number of anilines is 1. The van der Waals surface area contributed by atoms with E-state index in [1.807, 2.05) is 0 Å². The van der Waals surface area contributed by atoms with Crippen molar-refractivity contribution < 1.29 is 18.3 Å². The number of fused-ring (bicyclic) bond motifs is 2. The molecule has 0 amide bonds. The molecule has 2 heterocycles. The average Bonchev–Trinajstić information content (AvgIpc) is 3.08. The van der Waals surface area contributed by atoms with Crippen LogP contribution in [0, 0.1) is 0 Å². The summed E-state index contributed by atoms with van der Waals surface area (Å²) in [6, 6.07) is 10.8. The van der Waals surface area contributed by atoms with Crippen molar-refractivity contribution in [3.05, 3.63) is 64.8 Å². The van der Waals surface area contributed by atoms with Crippen LogP contribution >= 0.6 is 0 Å². The molecule has 9 heteroatoms. The van der Waals surface area contributed by atoms with Gasteiger partial charge in [0.1, 0.15) is 17.6 Å². The van der Waals surface area contributed by atoms with Crippen molar-refractivity contribution in [2.45, 2.75) is 23.8 Å². The van der Waals surface area contributed by atoms with Gasteiger partial charge in [-0.2, -0.15) is 0 Å². The molecule has 0 fully saturated rings. The Morgan fingerprint density at radius 2 is 1.93 bits per heavy atom. The summed E-state index contributed by atoms with van der Waals surface area (Å²) in [7, 11) is -4.07. The molecule has 27 heavy (non-hydrogen) atoms. The predicted molar refractivity (Wildman–Crippen MR) is 98.2 cm³/mol. The zero-order valence-corrected chi connectivity index (χ0v) is 14.8. The summed E-state index contributed by atoms with van der Waals surface area (Å²) in [5, 5.41) is 10.5. The summed E-state index contributed by atoms with van der Waals surface area (Å²) in [6.45, 7) is 0. The van der Waals surface area contributed by atoms with Gasteiger partial charge in [-0.05, 0) is 17.9 Å². The van der Waals surface area contributed by atoms with E-state index in [2.05, 4.69) is 9.71 Å². The number of benzene rings is 2. The van der Waals surface area contributed by atoms with Crippen molar-refractivity contribution in [1.29, 1.82) is 0 Å². The SMILES string of the molecule is O=C(O)[C@@H]1CCc2ncc(NS(=O)(=O)c3cccc4ccccc34)c(=O)n21. The molecule has 1 aliphatic rings. The van der Waals surface area contributed by atoms with Crippen molar-refractivity contribution in [3.8, 4) is 0 Å². The van der Waals surface area contributed by atoms with Crippen molar-refractivity contribution in [2.24, 2.45) is 0 Å². The molecule has 138 valence electrons. The molecule has 0 unspecified atom stereocenters. The van der Waals surface area contributed by atoms with Gasteiger partial charge in [-0.1, -0.05) is 36.4 Å². The average molecular weight is 385 g/mol. The van der Waals surface area contributed by atoms with E-state index in [0.717, 1.165) is 16.2 Å². The maximum absolute atomic E-state index is 12.9. The molecule has 1 atom stereocenters. The minimum absolute atomic E-state index is 0.0280. The number of aryl methyl sites for hydroxylation is 1. The normalized spacial score (nSPS) is 16.2. The Kier molecular flexibility index (Phi) is 3.96. The van der Waals surface area contributed by atoms with Crippen LogP contribution in [0.4, 0.5) is 5.69 Å². The van der Waals surface area contributed by atoms with Crippen LogP contribution in [0.3, 0.4) is 0 Å². The first kappa shape index (κ1) is 17.2. The third-order valence-electron chi connectivity index (χ3n) is 4.59. The molecule has 0 spiro atoms. The van der Waals surface area contributed by atoms with Crippen LogP contribution < -0.4 is 10.3 Å². The van der Waals surface area contributed by atoms with Gasteiger partial charge in [0.05, 0.1) is 11.1 Å². The molecule has 1 aliphatic heterocycles. The van der Waals surface area contributed by atoms with E-state index < -0.39 is 27.6 Å². The molecule has 0 radical (unpaired) electrons. The Balaban J connectivity index is 1.80. The Hall–Kier alpha value is -3.20. The van der Waals surface area contributed by atoms with Crippen molar-refractivity contribution in [3.63, 3.8) is 0 Å². The van der Waals surface area contributed by atoms with Crippen LogP contribution in [-0.4, -0.2) is 29.0 Å². The first-order valence-electron chi connectivity index (χ1n) is 8.22. The van der Waals surface area contributed by atoms with Gasteiger partial charge in [-0.3, -0.25) is 14.1 Å². The second kappa shape index (κ2) is 6.20. The highest BCUT2D eigenvalue weighted by molar-refractivity contribution is 7.93. The van der Waals surface area contributed by atoms with Gasteiger partial charge >= 0.3 is 5.97 Å². The summed E-state index contributed by atoms with van der Waals surface area (Å²) in [6.07, 6.45) is 1.74.